The third-order valence-electron chi connectivity index (χ3n) is 4.19. The van der Waals surface area contributed by atoms with Crippen LogP contribution in [0, 0.1) is 5.82 Å². The monoisotopic (exact) mass is 387 g/mol. The Balaban J connectivity index is 1.81. The normalized spacial score (nSPS) is 17.4. The molecule has 0 N–H and O–H groups in total. The number of halogens is 2. The van der Waals surface area contributed by atoms with Crippen LogP contribution in [-0.4, -0.2) is 42.6 Å². The average Bonchev–Trinajstić information content (AvgIpc) is 2.70. The maximum atomic E-state index is 13.9. The third kappa shape index (κ3) is 4.49. The third-order valence-corrected chi connectivity index (χ3v) is 4.47. The topological polar surface area (TPSA) is 63.0 Å². The van der Waals surface area contributed by atoms with Gasteiger partial charge >= 0.3 is 0 Å². The lowest BCUT2D eigenvalue weighted by Crippen LogP contribution is -2.36. The first-order valence-corrected chi connectivity index (χ1v) is 8.72. The van der Waals surface area contributed by atoms with Crippen LogP contribution in [0.1, 0.15) is 12.2 Å². The Labute approximate surface area is 162 Å². The summed E-state index contributed by atoms with van der Waals surface area (Å²) < 4.78 is 19.0. The molecular formula is C19H19ClFN5O. The summed E-state index contributed by atoms with van der Waals surface area (Å²) in [4.78, 5) is 19.0. The average molecular weight is 388 g/mol. The van der Waals surface area contributed by atoms with Gasteiger partial charge in [-0.1, -0.05) is 11.6 Å². The number of piperidine rings is 1. The molecule has 6 nitrogen and oxygen atoms in total. The highest BCUT2D eigenvalue weighted by Gasteiger charge is 2.22. The van der Waals surface area contributed by atoms with E-state index in [-0.39, 0.29) is 10.8 Å². The Morgan fingerprint density at radius 2 is 2.15 bits per heavy atom. The van der Waals surface area contributed by atoms with Gasteiger partial charge in [-0.15, -0.1) is 0 Å². The molecule has 2 aromatic rings. The number of ether oxygens (including phenoxy) is 1. The maximum absolute atomic E-state index is 13.9. The zero-order valence-electron chi connectivity index (χ0n) is 14.9. The highest BCUT2D eigenvalue weighted by Crippen LogP contribution is 2.32. The number of rotatable bonds is 5. The summed E-state index contributed by atoms with van der Waals surface area (Å²) in [5, 5.41) is 0.0254. The minimum atomic E-state index is -0.562. The van der Waals surface area contributed by atoms with Gasteiger partial charge in [0.05, 0.1) is 18.7 Å². The summed E-state index contributed by atoms with van der Waals surface area (Å²) >= 11 is 6.00. The molecule has 1 aliphatic rings. The highest BCUT2D eigenvalue weighted by atomic mass is 35.5. The number of methoxy groups -OCH3 is 1. The second-order valence-electron chi connectivity index (χ2n) is 5.88. The molecule has 1 fully saturated rings. The van der Waals surface area contributed by atoms with Crippen molar-refractivity contribution in [1.82, 2.24) is 9.97 Å². The summed E-state index contributed by atoms with van der Waals surface area (Å²) in [5.74, 6) is 0.215. The summed E-state index contributed by atoms with van der Waals surface area (Å²) in [7, 11) is 1.41. The van der Waals surface area contributed by atoms with Gasteiger partial charge in [-0.2, -0.15) is 0 Å². The van der Waals surface area contributed by atoms with Crippen LogP contribution in [0.3, 0.4) is 0 Å². The van der Waals surface area contributed by atoms with Gasteiger partial charge in [-0.25, -0.2) is 14.4 Å². The molecule has 140 valence electrons. The second-order valence-corrected chi connectivity index (χ2v) is 6.29. The molecular weight excluding hydrogens is 369 g/mol. The van der Waals surface area contributed by atoms with Crippen LogP contribution in [0.25, 0.3) is 0 Å². The lowest BCUT2D eigenvalue weighted by molar-refractivity contribution is 0.386. The van der Waals surface area contributed by atoms with Crippen molar-refractivity contribution in [1.29, 1.82) is 0 Å². The molecule has 8 heteroatoms. The molecule has 0 amide bonds. The van der Waals surface area contributed by atoms with Crippen LogP contribution in [0.5, 0.6) is 5.75 Å². The first-order chi connectivity index (χ1) is 13.1. The molecule has 1 saturated heterocycles. The number of hydrogen-bond acceptors (Lipinski definition) is 6. The molecule has 0 atom stereocenters. The van der Waals surface area contributed by atoms with Gasteiger partial charge in [-0.05, 0) is 18.9 Å². The smallest absolute Gasteiger partial charge is 0.183 e. The molecule has 0 saturated carbocycles. The number of benzene rings is 1. The summed E-state index contributed by atoms with van der Waals surface area (Å²) in [6.07, 6.45) is 5.78. The number of aliphatic imine (C=N–C) groups is 2. The lowest BCUT2D eigenvalue weighted by atomic mass is 10.0. The largest absolute Gasteiger partial charge is 0.494 e. The van der Waals surface area contributed by atoms with Gasteiger partial charge < -0.3 is 9.64 Å². The maximum Gasteiger partial charge on any atom is 0.183 e. The number of anilines is 1. The van der Waals surface area contributed by atoms with Gasteiger partial charge in [0.2, 0.25) is 0 Å². The van der Waals surface area contributed by atoms with Crippen molar-refractivity contribution < 1.29 is 9.13 Å². The minimum absolute atomic E-state index is 0.0254. The van der Waals surface area contributed by atoms with Crippen molar-refractivity contribution in [3.8, 4) is 5.75 Å². The van der Waals surface area contributed by atoms with Crippen molar-refractivity contribution in [2.75, 3.05) is 25.1 Å². The summed E-state index contributed by atoms with van der Waals surface area (Å²) in [5.41, 5.74) is 2.65. The van der Waals surface area contributed by atoms with Gasteiger partial charge in [0.15, 0.2) is 11.6 Å². The molecule has 1 aliphatic heterocycles. The van der Waals surface area contributed by atoms with E-state index in [0.29, 0.717) is 31.9 Å². The predicted molar refractivity (Wildman–Crippen MR) is 106 cm³/mol. The van der Waals surface area contributed by atoms with Crippen LogP contribution in [0.15, 0.2) is 52.4 Å². The van der Waals surface area contributed by atoms with Gasteiger partial charge in [-0.3, -0.25) is 9.98 Å². The fourth-order valence-corrected chi connectivity index (χ4v) is 3.07. The van der Waals surface area contributed by atoms with Crippen LogP contribution >= 0.6 is 11.6 Å². The van der Waals surface area contributed by atoms with Gasteiger partial charge in [0.25, 0.3) is 0 Å². The fraction of sp³-hybridized carbons (Fsp3) is 0.263. The predicted octanol–water partition coefficient (Wildman–Crippen LogP) is 3.71. The Morgan fingerprint density at radius 3 is 2.85 bits per heavy atom. The lowest BCUT2D eigenvalue weighted by Gasteiger charge is -2.32. The van der Waals surface area contributed by atoms with E-state index in [1.54, 1.807) is 36.8 Å². The van der Waals surface area contributed by atoms with E-state index in [1.165, 1.54) is 7.11 Å². The molecule has 2 heterocycles. The van der Waals surface area contributed by atoms with E-state index < -0.39 is 5.82 Å². The summed E-state index contributed by atoms with van der Waals surface area (Å²) in [6, 6.07) is 5.00. The SMILES string of the molecule is C=N/C=C1/CN(c2cc(Cl)c(F)c(OC)c2)CC/C1=N/Cc1ncccn1. The Hall–Kier alpha value is -2.80. The quantitative estimate of drug-likeness (QED) is 0.733. The summed E-state index contributed by atoms with van der Waals surface area (Å²) in [6.45, 7) is 5.20. The number of hydrogen-bond donors (Lipinski definition) is 0. The fourth-order valence-electron chi connectivity index (χ4n) is 2.86. The standard InChI is InChI=1S/C19H19ClFN5O/c1-22-10-13-12-26(14-8-15(20)19(21)17(9-14)27-2)7-4-16(13)25-11-18-23-5-3-6-24-18/h3,5-6,8-10H,1,4,7,11-12H2,2H3/b13-10-,25-16-. The minimum Gasteiger partial charge on any atom is -0.494 e. The molecule has 27 heavy (non-hydrogen) atoms. The van der Waals surface area contributed by atoms with E-state index >= 15 is 0 Å². The van der Waals surface area contributed by atoms with Crippen LogP contribution < -0.4 is 9.64 Å². The van der Waals surface area contributed by atoms with Gasteiger partial charge in [0.1, 0.15) is 5.82 Å². The molecule has 1 aromatic heterocycles. The molecule has 0 unspecified atom stereocenters. The molecule has 0 aliphatic carbocycles. The first kappa shape index (κ1) is 19.0. The van der Waals surface area contributed by atoms with Gasteiger partial charge in [0, 0.05) is 61.1 Å². The Bertz CT molecular complexity index is 885. The second kappa shape index (κ2) is 8.73. The van der Waals surface area contributed by atoms with Crippen molar-refractivity contribution in [2.45, 2.75) is 13.0 Å². The van der Waals surface area contributed by atoms with Crippen LogP contribution in [0.4, 0.5) is 10.1 Å². The van der Waals surface area contributed by atoms with E-state index in [1.807, 2.05) is 0 Å². The number of nitrogens with zero attached hydrogens (tertiary/aromatic N) is 5. The van der Waals surface area contributed by atoms with Crippen LogP contribution in [0.2, 0.25) is 5.02 Å². The van der Waals surface area contributed by atoms with E-state index in [0.717, 1.165) is 17.0 Å². The highest BCUT2D eigenvalue weighted by molar-refractivity contribution is 6.31. The van der Waals surface area contributed by atoms with Crippen molar-refractivity contribution in [2.24, 2.45) is 9.98 Å². The van der Waals surface area contributed by atoms with Crippen LogP contribution in [-0.2, 0) is 6.54 Å². The van der Waals surface area contributed by atoms with Crippen molar-refractivity contribution in [3.05, 3.63) is 59.0 Å². The molecule has 0 radical (unpaired) electrons. The Morgan fingerprint density at radius 1 is 1.37 bits per heavy atom. The number of aromatic nitrogens is 2. The zero-order chi connectivity index (χ0) is 19.2. The molecule has 1 aromatic carbocycles. The van der Waals surface area contributed by atoms with Crippen molar-refractivity contribution >= 4 is 29.7 Å². The zero-order valence-corrected chi connectivity index (χ0v) is 15.7. The Kier molecular flexibility index (Phi) is 6.13. The molecule has 3 rings (SSSR count). The van der Waals surface area contributed by atoms with E-state index in [4.69, 9.17) is 16.3 Å². The van der Waals surface area contributed by atoms with E-state index in [9.17, 15) is 4.39 Å². The first-order valence-electron chi connectivity index (χ1n) is 8.34. The molecule has 0 spiro atoms. The van der Waals surface area contributed by atoms with Crippen molar-refractivity contribution in [3.63, 3.8) is 0 Å². The van der Waals surface area contributed by atoms with E-state index in [2.05, 4.69) is 31.6 Å². The molecule has 0 bridgehead atoms.